The summed E-state index contributed by atoms with van der Waals surface area (Å²) in [4.78, 5) is 14.2. The van der Waals surface area contributed by atoms with Crippen molar-refractivity contribution in [2.45, 2.75) is 58.6 Å². The predicted molar refractivity (Wildman–Crippen MR) is 107 cm³/mol. The Morgan fingerprint density at radius 3 is 2.93 bits per heavy atom. The molecule has 3 atom stereocenters. The normalized spacial score (nSPS) is 24.8. The average Bonchev–Trinajstić information content (AvgIpc) is 2.63. The Bertz CT molecular complexity index is 669. The number of halogens is 1. The van der Waals surface area contributed by atoms with Gasteiger partial charge in [0.15, 0.2) is 0 Å². The van der Waals surface area contributed by atoms with E-state index < -0.39 is 0 Å². The number of fused-ring (bicyclic) bond motifs is 3. The third-order valence-corrected chi connectivity index (χ3v) is 6.21. The fraction of sp³-hybridized carbons (Fsp3) is 0.667. The van der Waals surface area contributed by atoms with Crippen molar-refractivity contribution >= 4 is 18.1 Å². The minimum absolute atomic E-state index is 0.101. The molecule has 150 valence electrons. The van der Waals surface area contributed by atoms with Crippen LogP contribution in [0.2, 0.25) is 0 Å². The molecule has 0 unspecified atom stereocenters. The molecule has 0 N–H and O–H groups in total. The van der Waals surface area contributed by atoms with Crippen LogP contribution in [-0.2, 0) is 16.0 Å². The molecule has 0 bridgehead atoms. The Hall–Kier alpha value is -1.27. The van der Waals surface area contributed by atoms with E-state index in [1.54, 1.807) is 0 Å². The van der Waals surface area contributed by atoms with Gasteiger partial charge in [-0.25, -0.2) is 0 Å². The van der Waals surface area contributed by atoms with Crippen molar-refractivity contribution < 1.29 is 18.2 Å². The molecule has 1 aromatic rings. The van der Waals surface area contributed by atoms with Gasteiger partial charge in [-0.15, -0.1) is 0 Å². The maximum Gasteiger partial charge on any atom is 0.302 e. The standard InChI is InChI=1S/C21H30FNO3S/c1-4-25-20-11-18-16(10-14(20)2)7-8-23-13-17(6-5-9-27-22)21(12-19(18)23)26-15(3)24/h10-11,17,19,21H,4-9,12-13H2,1-3H3/t17-,19-,21-/m1/s1. The molecular formula is C21H30FNO3S. The second-order valence-corrected chi connectivity index (χ2v) is 8.24. The van der Waals surface area contributed by atoms with Crippen LogP contribution in [0.15, 0.2) is 12.1 Å². The molecule has 0 aliphatic carbocycles. The molecule has 0 saturated carbocycles. The SMILES string of the molecule is CCOc1cc2c(cc1C)CCN1C[C@@H](CCCSF)[C@H](OC(C)=O)C[C@H]21. The summed E-state index contributed by atoms with van der Waals surface area (Å²) in [5.74, 6) is 1.50. The second-order valence-electron chi connectivity index (χ2n) is 7.61. The lowest BCUT2D eigenvalue weighted by atomic mass is 9.80. The van der Waals surface area contributed by atoms with Gasteiger partial charge in [0, 0.05) is 56.3 Å². The number of hydrogen-bond acceptors (Lipinski definition) is 5. The number of rotatable bonds is 7. The molecule has 1 aromatic carbocycles. The minimum Gasteiger partial charge on any atom is -0.494 e. The zero-order chi connectivity index (χ0) is 19.4. The van der Waals surface area contributed by atoms with Crippen molar-refractivity contribution in [2.75, 3.05) is 25.4 Å². The van der Waals surface area contributed by atoms with Crippen LogP contribution in [0, 0.1) is 12.8 Å². The number of ether oxygens (including phenoxy) is 2. The number of aryl methyl sites for hydroxylation is 1. The number of carbonyl (C=O) groups is 1. The van der Waals surface area contributed by atoms with Crippen LogP contribution in [0.4, 0.5) is 3.89 Å². The van der Waals surface area contributed by atoms with Gasteiger partial charge in [0.2, 0.25) is 0 Å². The summed E-state index contributed by atoms with van der Waals surface area (Å²) < 4.78 is 24.0. The fourth-order valence-electron chi connectivity index (χ4n) is 4.58. The topological polar surface area (TPSA) is 38.8 Å². The van der Waals surface area contributed by atoms with Gasteiger partial charge < -0.3 is 9.47 Å². The number of carbonyl (C=O) groups excluding carboxylic acids is 1. The highest BCUT2D eigenvalue weighted by atomic mass is 32.2. The maximum atomic E-state index is 12.4. The smallest absolute Gasteiger partial charge is 0.302 e. The highest BCUT2D eigenvalue weighted by Gasteiger charge is 2.40. The Labute approximate surface area is 166 Å². The highest BCUT2D eigenvalue weighted by molar-refractivity contribution is 7.94. The van der Waals surface area contributed by atoms with E-state index in [0.717, 1.165) is 44.5 Å². The highest BCUT2D eigenvalue weighted by Crippen LogP contribution is 2.42. The van der Waals surface area contributed by atoms with Crippen LogP contribution in [0.5, 0.6) is 5.75 Å². The summed E-state index contributed by atoms with van der Waals surface area (Å²) in [7, 11) is 0. The molecule has 1 saturated heterocycles. The van der Waals surface area contributed by atoms with E-state index in [-0.39, 0.29) is 24.0 Å². The lowest BCUT2D eigenvalue weighted by Crippen LogP contribution is -2.49. The number of hydrogen-bond donors (Lipinski definition) is 0. The Kier molecular flexibility index (Phi) is 7.04. The van der Waals surface area contributed by atoms with Gasteiger partial charge in [-0.3, -0.25) is 9.69 Å². The van der Waals surface area contributed by atoms with Crippen LogP contribution in [0.3, 0.4) is 0 Å². The molecule has 2 aliphatic heterocycles. The third-order valence-electron chi connectivity index (χ3n) is 5.77. The Morgan fingerprint density at radius 1 is 1.41 bits per heavy atom. The summed E-state index contributed by atoms with van der Waals surface area (Å²) in [6.07, 6.45) is 3.44. The zero-order valence-electron chi connectivity index (χ0n) is 16.5. The number of nitrogens with zero attached hydrogens (tertiary/aromatic N) is 1. The Morgan fingerprint density at radius 2 is 2.22 bits per heavy atom. The molecule has 0 spiro atoms. The summed E-state index contributed by atoms with van der Waals surface area (Å²) in [5.41, 5.74) is 3.87. The first-order valence-corrected chi connectivity index (χ1v) is 10.8. The van der Waals surface area contributed by atoms with E-state index in [2.05, 4.69) is 24.0 Å². The minimum atomic E-state index is -0.228. The summed E-state index contributed by atoms with van der Waals surface area (Å²) in [6.45, 7) is 8.15. The van der Waals surface area contributed by atoms with Gasteiger partial charge in [0.25, 0.3) is 0 Å². The average molecular weight is 396 g/mol. The molecule has 0 amide bonds. The van der Waals surface area contributed by atoms with Gasteiger partial charge in [0.05, 0.1) is 6.61 Å². The lowest BCUT2D eigenvalue weighted by Gasteiger charge is -2.47. The summed E-state index contributed by atoms with van der Waals surface area (Å²) in [6, 6.07) is 4.70. The van der Waals surface area contributed by atoms with Crippen LogP contribution in [0.25, 0.3) is 0 Å². The van der Waals surface area contributed by atoms with Crippen molar-refractivity contribution in [2.24, 2.45) is 5.92 Å². The molecule has 3 rings (SSSR count). The maximum absolute atomic E-state index is 12.4. The van der Waals surface area contributed by atoms with E-state index in [1.165, 1.54) is 23.6 Å². The first kappa shape index (κ1) is 20.5. The second kappa shape index (κ2) is 9.28. The van der Waals surface area contributed by atoms with E-state index >= 15 is 0 Å². The monoisotopic (exact) mass is 395 g/mol. The quantitative estimate of drug-likeness (QED) is 0.497. The molecule has 27 heavy (non-hydrogen) atoms. The van der Waals surface area contributed by atoms with Crippen LogP contribution >= 0.6 is 12.1 Å². The zero-order valence-corrected chi connectivity index (χ0v) is 17.3. The Balaban J connectivity index is 1.83. The predicted octanol–water partition coefficient (Wildman–Crippen LogP) is 4.64. The fourth-order valence-corrected chi connectivity index (χ4v) is 4.85. The number of esters is 1. The van der Waals surface area contributed by atoms with Crippen molar-refractivity contribution in [3.63, 3.8) is 0 Å². The van der Waals surface area contributed by atoms with Crippen molar-refractivity contribution in [1.82, 2.24) is 4.90 Å². The van der Waals surface area contributed by atoms with Gasteiger partial charge in [-0.1, -0.05) is 6.07 Å². The van der Waals surface area contributed by atoms with E-state index in [9.17, 15) is 8.68 Å². The number of benzene rings is 1. The van der Waals surface area contributed by atoms with Gasteiger partial charge in [-0.05, 0) is 55.9 Å². The van der Waals surface area contributed by atoms with Crippen LogP contribution < -0.4 is 4.74 Å². The molecule has 2 aliphatic rings. The third kappa shape index (κ3) is 4.77. The van der Waals surface area contributed by atoms with E-state index in [0.29, 0.717) is 24.5 Å². The van der Waals surface area contributed by atoms with Gasteiger partial charge in [-0.2, -0.15) is 3.89 Å². The molecule has 4 nitrogen and oxygen atoms in total. The molecular weight excluding hydrogens is 365 g/mol. The van der Waals surface area contributed by atoms with Crippen molar-refractivity contribution in [1.29, 1.82) is 0 Å². The van der Waals surface area contributed by atoms with Gasteiger partial charge >= 0.3 is 5.97 Å². The number of piperidine rings is 1. The first-order valence-electron chi connectivity index (χ1n) is 9.94. The van der Waals surface area contributed by atoms with Crippen molar-refractivity contribution in [3.8, 4) is 5.75 Å². The molecule has 6 heteroatoms. The van der Waals surface area contributed by atoms with Gasteiger partial charge in [0.1, 0.15) is 11.9 Å². The largest absolute Gasteiger partial charge is 0.494 e. The van der Waals surface area contributed by atoms with Crippen LogP contribution in [-0.4, -0.2) is 42.4 Å². The summed E-state index contributed by atoms with van der Waals surface area (Å²) in [5, 5.41) is 0. The lowest BCUT2D eigenvalue weighted by molar-refractivity contribution is -0.154. The molecule has 0 radical (unpaired) electrons. The van der Waals surface area contributed by atoms with E-state index in [1.807, 2.05) is 6.92 Å². The molecule has 2 heterocycles. The first-order chi connectivity index (χ1) is 13.0. The van der Waals surface area contributed by atoms with Crippen molar-refractivity contribution in [3.05, 3.63) is 28.8 Å². The summed E-state index contributed by atoms with van der Waals surface area (Å²) >= 11 is 0.391. The molecule has 0 aromatic heterocycles. The van der Waals surface area contributed by atoms with Crippen LogP contribution in [0.1, 0.15) is 55.8 Å². The molecule has 1 fully saturated rings. The van der Waals surface area contributed by atoms with E-state index in [4.69, 9.17) is 9.47 Å².